The summed E-state index contributed by atoms with van der Waals surface area (Å²) < 4.78 is 11.1. The highest BCUT2D eigenvalue weighted by molar-refractivity contribution is 6.06. The van der Waals surface area contributed by atoms with E-state index in [-0.39, 0.29) is 12.5 Å². The molecule has 6 heteroatoms. The Balaban J connectivity index is 1.57. The zero-order valence-electron chi connectivity index (χ0n) is 14.7. The van der Waals surface area contributed by atoms with Gasteiger partial charge < -0.3 is 24.8 Å². The van der Waals surface area contributed by atoms with Gasteiger partial charge in [-0.05, 0) is 24.3 Å². The van der Waals surface area contributed by atoms with Crippen LogP contribution in [0, 0.1) is 0 Å². The van der Waals surface area contributed by atoms with Crippen LogP contribution in [0.25, 0.3) is 0 Å². The van der Waals surface area contributed by atoms with E-state index in [1.165, 1.54) is 4.90 Å². The van der Waals surface area contributed by atoms with Gasteiger partial charge in [0.25, 0.3) is 5.91 Å². The first kappa shape index (κ1) is 18.4. The summed E-state index contributed by atoms with van der Waals surface area (Å²) in [5.74, 6) is 0.233. The van der Waals surface area contributed by atoms with Crippen LogP contribution in [-0.4, -0.2) is 56.6 Å². The molecule has 0 saturated carbocycles. The number of ether oxygens (including phenoxy) is 2. The van der Waals surface area contributed by atoms with Crippen molar-refractivity contribution in [2.75, 3.05) is 44.8 Å². The molecule has 1 aliphatic heterocycles. The van der Waals surface area contributed by atoms with Crippen LogP contribution in [-0.2, 0) is 4.74 Å². The van der Waals surface area contributed by atoms with Crippen molar-refractivity contribution >= 4 is 11.6 Å². The van der Waals surface area contributed by atoms with Crippen LogP contribution in [0.2, 0.25) is 0 Å². The second-order valence-corrected chi connectivity index (χ2v) is 6.35. The van der Waals surface area contributed by atoms with Crippen LogP contribution in [0.5, 0.6) is 5.75 Å². The quantitative estimate of drug-likeness (QED) is 0.678. The van der Waals surface area contributed by atoms with Crippen molar-refractivity contribution in [2.24, 2.45) is 0 Å². The molecule has 3 rings (SSSR count). The number of carbonyl (C=O) groups excluding carboxylic acids is 1. The number of hydrogen-bond acceptors (Lipinski definition) is 4. The molecular weight excluding hydrogens is 332 g/mol. The molecule has 1 amide bonds. The SMILES string of the molecule is O=C(Nc1ccccc1)c1ccccc1OC[C@H](O)C[NH+]1CCOCC1. The molecule has 3 N–H and O–H groups in total. The summed E-state index contributed by atoms with van der Waals surface area (Å²) in [6, 6.07) is 16.3. The Bertz CT molecular complexity index is 702. The zero-order chi connectivity index (χ0) is 18.2. The minimum absolute atomic E-state index is 0.153. The Labute approximate surface area is 153 Å². The van der Waals surface area contributed by atoms with Crippen LogP contribution in [0.1, 0.15) is 10.4 Å². The van der Waals surface area contributed by atoms with Gasteiger partial charge in [-0.3, -0.25) is 4.79 Å². The van der Waals surface area contributed by atoms with Crippen LogP contribution < -0.4 is 15.0 Å². The maximum Gasteiger partial charge on any atom is 0.259 e. The van der Waals surface area contributed by atoms with Gasteiger partial charge in [0, 0.05) is 5.69 Å². The lowest BCUT2D eigenvalue weighted by atomic mass is 10.2. The number of aliphatic hydroxyl groups excluding tert-OH is 1. The van der Waals surface area contributed by atoms with Crippen molar-refractivity contribution in [1.29, 1.82) is 0 Å². The monoisotopic (exact) mass is 357 g/mol. The molecule has 2 aromatic rings. The van der Waals surface area contributed by atoms with Gasteiger partial charge in [-0.2, -0.15) is 0 Å². The van der Waals surface area contributed by atoms with E-state index in [0.29, 0.717) is 17.9 Å². The minimum atomic E-state index is -0.589. The smallest absolute Gasteiger partial charge is 0.259 e. The van der Waals surface area contributed by atoms with Gasteiger partial charge in [-0.25, -0.2) is 0 Å². The number of rotatable bonds is 7. The first-order chi connectivity index (χ1) is 12.7. The number of para-hydroxylation sites is 2. The predicted molar refractivity (Wildman–Crippen MR) is 98.7 cm³/mol. The maximum absolute atomic E-state index is 12.5. The van der Waals surface area contributed by atoms with Gasteiger partial charge >= 0.3 is 0 Å². The first-order valence-electron chi connectivity index (χ1n) is 8.90. The predicted octanol–water partition coefficient (Wildman–Crippen LogP) is 0.594. The zero-order valence-corrected chi connectivity index (χ0v) is 14.7. The Morgan fingerprint density at radius 1 is 1.12 bits per heavy atom. The fraction of sp³-hybridized carbons (Fsp3) is 0.350. The Hall–Kier alpha value is -2.41. The first-order valence-corrected chi connectivity index (χ1v) is 8.90. The fourth-order valence-corrected chi connectivity index (χ4v) is 2.94. The Morgan fingerprint density at radius 2 is 1.81 bits per heavy atom. The number of anilines is 1. The summed E-state index contributed by atoms with van der Waals surface area (Å²) in [5.41, 5.74) is 1.17. The molecule has 1 aliphatic rings. The number of hydrogen-bond donors (Lipinski definition) is 3. The average molecular weight is 357 g/mol. The summed E-state index contributed by atoms with van der Waals surface area (Å²) in [5, 5.41) is 13.1. The molecule has 1 heterocycles. The normalized spacial score (nSPS) is 16.0. The van der Waals surface area contributed by atoms with E-state index in [9.17, 15) is 9.90 Å². The molecule has 1 fully saturated rings. The minimum Gasteiger partial charge on any atom is -0.490 e. The average Bonchev–Trinajstić information content (AvgIpc) is 2.68. The van der Waals surface area contributed by atoms with E-state index in [1.54, 1.807) is 18.2 Å². The van der Waals surface area contributed by atoms with Gasteiger partial charge in [0.1, 0.15) is 38.1 Å². The van der Waals surface area contributed by atoms with Gasteiger partial charge in [-0.15, -0.1) is 0 Å². The molecule has 2 aromatic carbocycles. The maximum atomic E-state index is 12.5. The van der Waals surface area contributed by atoms with Crippen molar-refractivity contribution < 1.29 is 24.3 Å². The molecule has 1 atom stereocenters. The molecule has 26 heavy (non-hydrogen) atoms. The lowest BCUT2D eigenvalue weighted by Crippen LogP contribution is -3.15. The van der Waals surface area contributed by atoms with E-state index in [4.69, 9.17) is 9.47 Å². The summed E-state index contributed by atoms with van der Waals surface area (Å²) in [7, 11) is 0. The number of aliphatic hydroxyl groups is 1. The summed E-state index contributed by atoms with van der Waals surface area (Å²) in [6.07, 6.45) is -0.589. The van der Waals surface area contributed by atoms with Crippen molar-refractivity contribution in [3.8, 4) is 5.75 Å². The highest BCUT2D eigenvalue weighted by atomic mass is 16.5. The highest BCUT2D eigenvalue weighted by Gasteiger charge is 2.19. The fourth-order valence-electron chi connectivity index (χ4n) is 2.94. The number of nitrogens with one attached hydrogen (secondary N) is 2. The molecular formula is C20H25N2O4+. The third kappa shape index (κ3) is 5.29. The third-order valence-electron chi connectivity index (χ3n) is 4.32. The van der Waals surface area contributed by atoms with E-state index in [0.717, 1.165) is 32.0 Å². The highest BCUT2D eigenvalue weighted by Crippen LogP contribution is 2.20. The van der Waals surface area contributed by atoms with Crippen LogP contribution in [0.4, 0.5) is 5.69 Å². The van der Waals surface area contributed by atoms with E-state index in [1.807, 2.05) is 36.4 Å². The second-order valence-electron chi connectivity index (χ2n) is 6.35. The summed E-state index contributed by atoms with van der Waals surface area (Å²) in [4.78, 5) is 13.8. The number of amides is 1. The van der Waals surface area contributed by atoms with Crippen LogP contribution in [0.3, 0.4) is 0 Å². The molecule has 0 bridgehead atoms. The topological polar surface area (TPSA) is 72.2 Å². The summed E-state index contributed by atoms with van der Waals surface area (Å²) >= 11 is 0. The number of carbonyl (C=O) groups is 1. The Morgan fingerprint density at radius 3 is 2.58 bits per heavy atom. The molecule has 1 saturated heterocycles. The van der Waals surface area contributed by atoms with E-state index in [2.05, 4.69) is 5.32 Å². The molecule has 0 aromatic heterocycles. The largest absolute Gasteiger partial charge is 0.490 e. The molecule has 138 valence electrons. The molecule has 0 radical (unpaired) electrons. The van der Waals surface area contributed by atoms with Gasteiger partial charge in [-0.1, -0.05) is 30.3 Å². The second kappa shape index (κ2) is 9.33. The molecule has 0 aliphatic carbocycles. The molecule has 0 spiro atoms. The van der Waals surface area contributed by atoms with Crippen LogP contribution >= 0.6 is 0 Å². The van der Waals surface area contributed by atoms with Gasteiger partial charge in [0.15, 0.2) is 0 Å². The third-order valence-corrected chi connectivity index (χ3v) is 4.32. The Kier molecular flexibility index (Phi) is 6.60. The van der Waals surface area contributed by atoms with Gasteiger partial charge in [0.2, 0.25) is 0 Å². The lowest BCUT2D eigenvalue weighted by molar-refractivity contribution is -0.911. The van der Waals surface area contributed by atoms with E-state index < -0.39 is 6.10 Å². The number of quaternary nitrogens is 1. The number of morpholine rings is 1. The van der Waals surface area contributed by atoms with Crippen molar-refractivity contribution in [3.05, 3.63) is 60.2 Å². The molecule has 0 unspecified atom stereocenters. The number of benzene rings is 2. The standard InChI is InChI=1S/C20H24N2O4/c23-17(14-22-10-12-25-13-11-22)15-26-19-9-5-4-8-18(19)20(24)21-16-6-2-1-3-7-16/h1-9,17,23H,10-15H2,(H,21,24)/p+1/t17-/m1/s1. The lowest BCUT2D eigenvalue weighted by Gasteiger charge is -2.25. The summed E-state index contributed by atoms with van der Waals surface area (Å²) in [6.45, 7) is 4.01. The van der Waals surface area contributed by atoms with Crippen molar-refractivity contribution in [1.82, 2.24) is 0 Å². The van der Waals surface area contributed by atoms with Crippen LogP contribution in [0.15, 0.2) is 54.6 Å². The van der Waals surface area contributed by atoms with Gasteiger partial charge in [0.05, 0.1) is 18.8 Å². The van der Waals surface area contributed by atoms with E-state index >= 15 is 0 Å². The van der Waals surface area contributed by atoms with Crippen molar-refractivity contribution in [3.63, 3.8) is 0 Å². The van der Waals surface area contributed by atoms with Crippen molar-refractivity contribution in [2.45, 2.75) is 6.10 Å². The molecule has 6 nitrogen and oxygen atoms in total.